The Labute approximate surface area is 129 Å². The Morgan fingerprint density at radius 2 is 1.81 bits per heavy atom. The van der Waals surface area contributed by atoms with Crippen LogP contribution in [-0.2, 0) is 4.74 Å². The summed E-state index contributed by atoms with van der Waals surface area (Å²) in [5, 5.41) is 6.55. The first-order valence-electron chi connectivity index (χ1n) is 8.07. The van der Waals surface area contributed by atoms with Crippen LogP contribution in [0.25, 0.3) is 0 Å². The van der Waals surface area contributed by atoms with E-state index in [1.807, 2.05) is 20.8 Å². The van der Waals surface area contributed by atoms with E-state index >= 15 is 0 Å². The molecule has 1 rings (SSSR count). The van der Waals surface area contributed by atoms with Crippen molar-refractivity contribution < 1.29 is 9.53 Å². The zero-order chi connectivity index (χ0) is 15.7. The zero-order valence-corrected chi connectivity index (χ0v) is 13.7. The van der Waals surface area contributed by atoms with Gasteiger partial charge in [0, 0.05) is 18.5 Å². The highest BCUT2D eigenvalue weighted by molar-refractivity contribution is 5.68. The Morgan fingerprint density at radius 1 is 1.19 bits per heavy atom. The van der Waals surface area contributed by atoms with Gasteiger partial charge in [0.25, 0.3) is 0 Å². The van der Waals surface area contributed by atoms with Crippen LogP contribution in [-0.4, -0.2) is 30.3 Å². The number of carbonyl (C=O) groups is 1. The molecular weight excluding hydrogens is 264 g/mol. The molecule has 0 aromatic rings. The van der Waals surface area contributed by atoms with Crippen molar-refractivity contribution in [3.8, 4) is 12.3 Å². The summed E-state index contributed by atoms with van der Waals surface area (Å²) in [5.74, 6) is 2.67. The molecule has 21 heavy (non-hydrogen) atoms. The molecule has 1 aliphatic carbocycles. The maximum Gasteiger partial charge on any atom is 0.407 e. The van der Waals surface area contributed by atoms with E-state index < -0.39 is 5.60 Å². The first-order chi connectivity index (χ1) is 9.90. The number of hydrogen-bond acceptors (Lipinski definition) is 3. The van der Waals surface area contributed by atoms with E-state index in [0.717, 1.165) is 51.5 Å². The predicted molar refractivity (Wildman–Crippen MR) is 86.1 cm³/mol. The van der Waals surface area contributed by atoms with E-state index in [1.165, 1.54) is 0 Å². The first kappa shape index (κ1) is 17.8. The van der Waals surface area contributed by atoms with Crippen molar-refractivity contribution >= 4 is 6.09 Å². The van der Waals surface area contributed by atoms with Crippen LogP contribution in [0.3, 0.4) is 0 Å². The SMILES string of the molecule is C#CCCCCNC1CCC(NC(=O)OC(C)(C)C)CC1. The molecular formula is C17H30N2O2. The molecule has 0 aliphatic heterocycles. The molecule has 1 saturated carbocycles. The summed E-state index contributed by atoms with van der Waals surface area (Å²) < 4.78 is 5.29. The average molecular weight is 294 g/mol. The quantitative estimate of drug-likeness (QED) is 0.584. The summed E-state index contributed by atoms with van der Waals surface area (Å²) in [6, 6.07) is 0.826. The highest BCUT2D eigenvalue weighted by atomic mass is 16.6. The van der Waals surface area contributed by atoms with E-state index in [1.54, 1.807) is 0 Å². The molecule has 0 radical (unpaired) electrons. The predicted octanol–water partition coefficient (Wildman–Crippen LogP) is 3.22. The summed E-state index contributed by atoms with van der Waals surface area (Å²) in [7, 11) is 0. The molecule has 0 aromatic carbocycles. The molecule has 120 valence electrons. The van der Waals surface area contributed by atoms with Gasteiger partial charge < -0.3 is 15.4 Å². The Kier molecular flexibility index (Phi) is 7.60. The second-order valence-electron chi connectivity index (χ2n) is 6.81. The van der Waals surface area contributed by atoms with Crippen LogP contribution < -0.4 is 10.6 Å². The summed E-state index contributed by atoms with van der Waals surface area (Å²) in [6.07, 6.45) is 12.3. The minimum Gasteiger partial charge on any atom is -0.444 e. The van der Waals surface area contributed by atoms with Gasteiger partial charge in [-0.1, -0.05) is 0 Å². The number of amides is 1. The Morgan fingerprint density at radius 3 is 2.38 bits per heavy atom. The largest absolute Gasteiger partial charge is 0.444 e. The lowest BCUT2D eigenvalue weighted by Crippen LogP contribution is -2.44. The van der Waals surface area contributed by atoms with Crippen molar-refractivity contribution in [2.45, 2.75) is 83.4 Å². The molecule has 0 unspecified atom stereocenters. The fraction of sp³-hybridized carbons (Fsp3) is 0.824. The number of ether oxygens (including phenoxy) is 1. The van der Waals surface area contributed by atoms with Gasteiger partial charge in [0.05, 0.1) is 0 Å². The van der Waals surface area contributed by atoms with E-state index in [-0.39, 0.29) is 12.1 Å². The molecule has 0 aromatic heterocycles. The van der Waals surface area contributed by atoms with Crippen molar-refractivity contribution in [2.75, 3.05) is 6.54 Å². The number of terminal acetylenes is 1. The number of alkyl carbamates (subject to hydrolysis) is 1. The molecule has 0 spiro atoms. The Hall–Kier alpha value is -1.21. The van der Waals surface area contributed by atoms with Gasteiger partial charge in [-0.3, -0.25) is 0 Å². The number of unbranched alkanes of at least 4 members (excludes halogenated alkanes) is 2. The lowest BCUT2D eigenvalue weighted by molar-refractivity contribution is 0.0490. The molecule has 1 fully saturated rings. The summed E-state index contributed by atoms with van der Waals surface area (Å²) in [5.41, 5.74) is -0.429. The third kappa shape index (κ3) is 8.62. The van der Waals surface area contributed by atoms with Crippen LogP contribution >= 0.6 is 0 Å². The lowest BCUT2D eigenvalue weighted by atomic mass is 9.91. The maximum atomic E-state index is 11.7. The number of carbonyl (C=O) groups excluding carboxylic acids is 1. The number of nitrogens with one attached hydrogen (secondary N) is 2. The monoisotopic (exact) mass is 294 g/mol. The molecule has 1 amide bonds. The smallest absolute Gasteiger partial charge is 0.407 e. The van der Waals surface area contributed by atoms with Crippen LogP contribution in [0.1, 0.15) is 65.7 Å². The first-order valence-corrected chi connectivity index (χ1v) is 8.07. The lowest BCUT2D eigenvalue weighted by Gasteiger charge is -2.30. The second kappa shape index (κ2) is 8.94. The third-order valence-electron chi connectivity index (χ3n) is 3.63. The maximum absolute atomic E-state index is 11.7. The molecule has 1 aliphatic rings. The normalized spacial score (nSPS) is 22.4. The van der Waals surface area contributed by atoms with Crippen molar-refractivity contribution in [3.05, 3.63) is 0 Å². The number of rotatable bonds is 6. The fourth-order valence-electron chi connectivity index (χ4n) is 2.57. The molecule has 0 saturated heterocycles. The summed E-state index contributed by atoms with van der Waals surface area (Å²) in [4.78, 5) is 11.7. The standard InChI is InChI=1S/C17H30N2O2/c1-5-6-7-8-13-18-14-9-11-15(12-10-14)19-16(20)21-17(2,3)4/h1,14-15,18H,6-13H2,2-4H3,(H,19,20). The van der Waals surface area contributed by atoms with Crippen molar-refractivity contribution in [1.29, 1.82) is 0 Å². The number of hydrogen-bond donors (Lipinski definition) is 2. The molecule has 0 bridgehead atoms. The van der Waals surface area contributed by atoms with Gasteiger partial charge in [-0.05, 0) is 65.8 Å². The van der Waals surface area contributed by atoms with Crippen LogP contribution in [0.5, 0.6) is 0 Å². The van der Waals surface area contributed by atoms with Gasteiger partial charge in [0.15, 0.2) is 0 Å². The Balaban J connectivity index is 2.12. The molecule has 2 N–H and O–H groups in total. The van der Waals surface area contributed by atoms with E-state index in [4.69, 9.17) is 11.2 Å². The minimum atomic E-state index is -0.429. The van der Waals surface area contributed by atoms with Crippen LogP contribution in [0.2, 0.25) is 0 Å². The second-order valence-corrected chi connectivity index (χ2v) is 6.81. The van der Waals surface area contributed by atoms with E-state index in [9.17, 15) is 4.79 Å². The molecule has 0 atom stereocenters. The topological polar surface area (TPSA) is 50.4 Å². The van der Waals surface area contributed by atoms with Gasteiger partial charge in [-0.25, -0.2) is 4.79 Å². The van der Waals surface area contributed by atoms with Gasteiger partial charge in [0.1, 0.15) is 5.60 Å². The van der Waals surface area contributed by atoms with Crippen LogP contribution in [0.15, 0.2) is 0 Å². The van der Waals surface area contributed by atoms with Gasteiger partial charge in [-0.2, -0.15) is 0 Å². The van der Waals surface area contributed by atoms with Crippen LogP contribution in [0.4, 0.5) is 4.79 Å². The van der Waals surface area contributed by atoms with E-state index in [2.05, 4.69) is 16.6 Å². The molecule has 4 nitrogen and oxygen atoms in total. The Bertz CT molecular complexity index is 347. The van der Waals surface area contributed by atoms with Gasteiger partial charge in [0.2, 0.25) is 0 Å². The highest BCUT2D eigenvalue weighted by Gasteiger charge is 2.24. The summed E-state index contributed by atoms with van der Waals surface area (Å²) in [6.45, 7) is 6.69. The summed E-state index contributed by atoms with van der Waals surface area (Å²) >= 11 is 0. The third-order valence-corrected chi connectivity index (χ3v) is 3.63. The van der Waals surface area contributed by atoms with Crippen LogP contribution in [0, 0.1) is 12.3 Å². The zero-order valence-electron chi connectivity index (χ0n) is 13.7. The minimum absolute atomic E-state index is 0.249. The van der Waals surface area contributed by atoms with Crippen molar-refractivity contribution in [1.82, 2.24) is 10.6 Å². The van der Waals surface area contributed by atoms with Gasteiger partial charge >= 0.3 is 6.09 Å². The highest BCUT2D eigenvalue weighted by Crippen LogP contribution is 2.19. The van der Waals surface area contributed by atoms with Gasteiger partial charge in [-0.15, -0.1) is 12.3 Å². The average Bonchev–Trinajstić information content (AvgIpc) is 2.38. The van der Waals surface area contributed by atoms with Crippen molar-refractivity contribution in [3.63, 3.8) is 0 Å². The van der Waals surface area contributed by atoms with Crippen molar-refractivity contribution in [2.24, 2.45) is 0 Å². The fourth-order valence-corrected chi connectivity index (χ4v) is 2.57. The van der Waals surface area contributed by atoms with E-state index in [0.29, 0.717) is 6.04 Å². The molecule has 4 heteroatoms. The molecule has 0 heterocycles.